The van der Waals surface area contributed by atoms with Gasteiger partial charge in [0.2, 0.25) is 0 Å². The summed E-state index contributed by atoms with van der Waals surface area (Å²) in [5.41, 5.74) is 1.40. The molecule has 3 rings (SSSR count). The standard InChI is InChI=1S/C13H20N2S/c1-2-14-10-4-3-5-11-13(10)16-12(15-11)8-9-6-7-9/h9-10,14H,2-8H2,1H3. The molecule has 3 heteroatoms. The molecular weight excluding hydrogens is 216 g/mol. The van der Waals surface area contributed by atoms with Gasteiger partial charge in [0, 0.05) is 17.3 Å². The smallest absolute Gasteiger partial charge is 0.0934 e. The number of aryl methyl sites for hydroxylation is 1. The van der Waals surface area contributed by atoms with E-state index < -0.39 is 0 Å². The highest BCUT2D eigenvalue weighted by molar-refractivity contribution is 7.11. The van der Waals surface area contributed by atoms with Crippen LogP contribution in [0.4, 0.5) is 0 Å². The third kappa shape index (κ3) is 2.16. The third-order valence-electron chi connectivity index (χ3n) is 3.61. The summed E-state index contributed by atoms with van der Waals surface area (Å²) in [4.78, 5) is 6.39. The fraction of sp³-hybridized carbons (Fsp3) is 0.769. The summed E-state index contributed by atoms with van der Waals surface area (Å²) >= 11 is 1.98. The topological polar surface area (TPSA) is 24.9 Å². The molecule has 1 atom stereocenters. The largest absolute Gasteiger partial charge is 0.309 e. The highest BCUT2D eigenvalue weighted by Gasteiger charge is 2.27. The maximum Gasteiger partial charge on any atom is 0.0934 e. The first-order valence-electron chi connectivity index (χ1n) is 6.58. The Morgan fingerprint density at radius 2 is 2.25 bits per heavy atom. The van der Waals surface area contributed by atoms with Crippen molar-refractivity contribution in [1.29, 1.82) is 0 Å². The highest BCUT2D eigenvalue weighted by atomic mass is 32.1. The lowest BCUT2D eigenvalue weighted by molar-refractivity contribution is 0.476. The molecule has 1 heterocycles. The van der Waals surface area contributed by atoms with Crippen LogP contribution in [0.5, 0.6) is 0 Å². The Balaban J connectivity index is 1.79. The van der Waals surface area contributed by atoms with Crippen LogP contribution >= 0.6 is 11.3 Å². The molecule has 2 aliphatic carbocycles. The van der Waals surface area contributed by atoms with Crippen LogP contribution in [0.15, 0.2) is 0 Å². The Kier molecular flexibility index (Phi) is 2.99. The van der Waals surface area contributed by atoms with Crippen molar-refractivity contribution in [1.82, 2.24) is 10.3 Å². The molecule has 0 amide bonds. The SMILES string of the molecule is CCNC1CCCc2nc(CC3CC3)sc21. The van der Waals surface area contributed by atoms with Crippen LogP contribution in [0.1, 0.15) is 54.2 Å². The monoisotopic (exact) mass is 236 g/mol. The van der Waals surface area contributed by atoms with Gasteiger partial charge in [-0.15, -0.1) is 11.3 Å². The summed E-state index contributed by atoms with van der Waals surface area (Å²) in [6, 6.07) is 0.596. The molecule has 88 valence electrons. The lowest BCUT2D eigenvalue weighted by Crippen LogP contribution is -2.23. The van der Waals surface area contributed by atoms with Crippen LogP contribution in [-0.2, 0) is 12.8 Å². The number of hydrogen-bond acceptors (Lipinski definition) is 3. The van der Waals surface area contributed by atoms with Crippen LogP contribution in [0.25, 0.3) is 0 Å². The summed E-state index contributed by atoms with van der Waals surface area (Å²) in [5, 5.41) is 4.99. The summed E-state index contributed by atoms with van der Waals surface area (Å²) in [5.74, 6) is 0.963. The third-order valence-corrected chi connectivity index (χ3v) is 4.84. The van der Waals surface area contributed by atoms with Gasteiger partial charge in [0.1, 0.15) is 0 Å². The molecule has 1 saturated carbocycles. The number of nitrogens with one attached hydrogen (secondary N) is 1. The molecule has 2 aliphatic rings. The maximum absolute atomic E-state index is 4.84. The Hall–Kier alpha value is -0.410. The molecule has 1 fully saturated rings. The number of rotatable bonds is 4. The van der Waals surface area contributed by atoms with Gasteiger partial charge in [0.15, 0.2) is 0 Å². The fourth-order valence-electron chi connectivity index (χ4n) is 2.57. The van der Waals surface area contributed by atoms with E-state index >= 15 is 0 Å². The minimum atomic E-state index is 0.596. The highest BCUT2D eigenvalue weighted by Crippen LogP contribution is 2.38. The number of hydrogen-bond donors (Lipinski definition) is 1. The van der Waals surface area contributed by atoms with Crippen LogP contribution in [0.3, 0.4) is 0 Å². The predicted molar refractivity (Wildman–Crippen MR) is 67.9 cm³/mol. The Morgan fingerprint density at radius 3 is 3.00 bits per heavy atom. The molecule has 16 heavy (non-hydrogen) atoms. The van der Waals surface area contributed by atoms with E-state index in [0.29, 0.717) is 6.04 Å². The van der Waals surface area contributed by atoms with Crippen molar-refractivity contribution in [2.45, 2.75) is 51.5 Å². The zero-order valence-electron chi connectivity index (χ0n) is 9.96. The predicted octanol–water partition coefficient (Wildman–Crippen LogP) is 3.08. The number of fused-ring (bicyclic) bond motifs is 1. The van der Waals surface area contributed by atoms with Crippen molar-refractivity contribution in [2.24, 2.45) is 5.92 Å². The van der Waals surface area contributed by atoms with Crippen LogP contribution in [-0.4, -0.2) is 11.5 Å². The van der Waals surface area contributed by atoms with E-state index in [-0.39, 0.29) is 0 Å². The average Bonchev–Trinajstić information content (AvgIpc) is 2.96. The number of nitrogens with zero attached hydrogens (tertiary/aromatic N) is 1. The van der Waals surface area contributed by atoms with Crippen molar-refractivity contribution in [3.8, 4) is 0 Å². The van der Waals surface area contributed by atoms with Crippen molar-refractivity contribution in [3.05, 3.63) is 15.6 Å². The molecule has 0 radical (unpaired) electrons. The summed E-state index contributed by atoms with van der Waals surface area (Å²) in [6.07, 6.45) is 7.92. The Labute approximate surface area is 101 Å². The van der Waals surface area contributed by atoms with Gasteiger partial charge in [-0.2, -0.15) is 0 Å². The van der Waals surface area contributed by atoms with E-state index in [1.165, 1.54) is 49.2 Å². The van der Waals surface area contributed by atoms with Crippen molar-refractivity contribution < 1.29 is 0 Å². The Bertz CT molecular complexity index is 368. The van der Waals surface area contributed by atoms with Crippen molar-refractivity contribution >= 4 is 11.3 Å². The van der Waals surface area contributed by atoms with Crippen LogP contribution in [0.2, 0.25) is 0 Å². The van der Waals surface area contributed by atoms with Crippen LogP contribution in [0, 0.1) is 5.92 Å². The lowest BCUT2D eigenvalue weighted by Gasteiger charge is -2.21. The summed E-state index contributed by atoms with van der Waals surface area (Å²) < 4.78 is 0. The van der Waals surface area contributed by atoms with Crippen molar-refractivity contribution in [2.75, 3.05) is 6.54 Å². The van der Waals surface area contributed by atoms with Gasteiger partial charge < -0.3 is 5.32 Å². The van der Waals surface area contributed by atoms with Gasteiger partial charge in [-0.1, -0.05) is 6.92 Å². The maximum atomic E-state index is 4.84. The first kappa shape index (κ1) is 10.7. The van der Waals surface area contributed by atoms with Gasteiger partial charge >= 0.3 is 0 Å². The second kappa shape index (κ2) is 4.46. The molecule has 0 bridgehead atoms. The molecule has 1 N–H and O–H groups in total. The van der Waals surface area contributed by atoms with Gasteiger partial charge in [0.25, 0.3) is 0 Å². The fourth-order valence-corrected chi connectivity index (χ4v) is 3.91. The molecule has 0 spiro atoms. The average molecular weight is 236 g/mol. The lowest BCUT2D eigenvalue weighted by atomic mass is 9.98. The second-order valence-electron chi connectivity index (χ2n) is 5.07. The molecule has 1 unspecified atom stereocenters. The van der Waals surface area contributed by atoms with E-state index in [1.54, 1.807) is 4.88 Å². The zero-order chi connectivity index (χ0) is 11.0. The molecule has 0 aromatic carbocycles. The van der Waals surface area contributed by atoms with E-state index in [0.717, 1.165) is 12.5 Å². The van der Waals surface area contributed by atoms with Crippen LogP contribution < -0.4 is 5.32 Å². The minimum absolute atomic E-state index is 0.596. The zero-order valence-corrected chi connectivity index (χ0v) is 10.8. The van der Waals surface area contributed by atoms with Gasteiger partial charge in [0.05, 0.1) is 10.7 Å². The molecular formula is C13H20N2S. The van der Waals surface area contributed by atoms with E-state index in [9.17, 15) is 0 Å². The second-order valence-corrected chi connectivity index (χ2v) is 6.18. The first-order valence-corrected chi connectivity index (χ1v) is 7.40. The van der Waals surface area contributed by atoms with Gasteiger partial charge in [-0.3, -0.25) is 0 Å². The van der Waals surface area contributed by atoms with E-state index in [2.05, 4.69) is 12.2 Å². The molecule has 0 saturated heterocycles. The molecule has 1 aromatic rings. The number of thiazole rings is 1. The number of aromatic nitrogens is 1. The van der Waals surface area contributed by atoms with E-state index in [1.807, 2.05) is 11.3 Å². The molecule has 0 aliphatic heterocycles. The molecule has 1 aromatic heterocycles. The summed E-state index contributed by atoms with van der Waals surface area (Å²) in [6.45, 7) is 3.26. The quantitative estimate of drug-likeness (QED) is 0.869. The minimum Gasteiger partial charge on any atom is -0.309 e. The van der Waals surface area contributed by atoms with Crippen molar-refractivity contribution in [3.63, 3.8) is 0 Å². The normalized spacial score (nSPS) is 24.4. The summed E-state index contributed by atoms with van der Waals surface area (Å²) in [7, 11) is 0. The molecule has 2 nitrogen and oxygen atoms in total. The Morgan fingerprint density at radius 1 is 1.38 bits per heavy atom. The van der Waals surface area contributed by atoms with Gasteiger partial charge in [-0.25, -0.2) is 4.98 Å². The van der Waals surface area contributed by atoms with Gasteiger partial charge in [-0.05, 0) is 44.6 Å². The van der Waals surface area contributed by atoms with E-state index in [4.69, 9.17) is 4.98 Å². The first-order chi connectivity index (χ1) is 7.86.